The van der Waals surface area contributed by atoms with Crippen LogP contribution in [0.5, 0.6) is 0 Å². The van der Waals surface area contributed by atoms with E-state index in [9.17, 15) is 5.48 Å². The van der Waals surface area contributed by atoms with Gasteiger partial charge in [-0.1, -0.05) is 203 Å². The quantitative estimate of drug-likeness (QED) is 0.154. The van der Waals surface area contributed by atoms with Crippen LogP contribution in [0.25, 0.3) is 22.3 Å². The lowest BCUT2D eigenvalue weighted by atomic mass is 9.33. The van der Waals surface area contributed by atoms with Crippen molar-refractivity contribution < 1.29 is 13.7 Å². The second-order valence-electron chi connectivity index (χ2n) is 17.3. The minimum absolute atomic E-state index is 0.0992. The molecule has 3 aliphatic heterocycles. The highest BCUT2D eigenvalue weighted by Crippen LogP contribution is 2.48. The largest absolute Gasteiger partial charge is 0.311 e. The van der Waals surface area contributed by atoms with Crippen molar-refractivity contribution in [2.24, 2.45) is 0 Å². The fourth-order valence-electron chi connectivity index (χ4n) is 10.5. The van der Waals surface area contributed by atoms with Crippen molar-refractivity contribution >= 4 is 86.0 Å². The van der Waals surface area contributed by atoms with Crippen LogP contribution >= 0.6 is 0 Å². The minimum Gasteiger partial charge on any atom is -0.311 e. The Morgan fingerprint density at radius 3 is 1.39 bits per heavy atom. The highest BCUT2D eigenvalue weighted by Gasteiger charge is 2.56. The Labute approximate surface area is 380 Å². The predicted molar refractivity (Wildman–Crippen MR) is 267 cm³/mol. The van der Waals surface area contributed by atoms with E-state index >= 15 is 0 Å². The fourth-order valence-corrected chi connectivity index (χ4v) is 15.8. The molecule has 3 aliphatic rings. The van der Waals surface area contributed by atoms with Gasteiger partial charge in [-0.15, -0.1) is 0 Å². The van der Waals surface area contributed by atoms with Gasteiger partial charge < -0.3 is 9.80 Å². The Bertz CT molecular complexity index is 3690. The highest BCUT2D eigenvalue weighted by molar-refractivity contribution is 7.27. The second-order valence-corrected chi connectivity index (χ2v) is 21.0. The van der Waals surface area contributed by atoms with Gasteiger partial charge in [0.2, 0.25) is 0 Å². The summed E-state index contributed by atoms with van der Waals surface area (Å²) in [6, 6.07) is 50.6. The molecule has 0 saturated carbocycles. The van der Waals surface area contributed by atoms with E-state index in [0.717, 1.165) is 44.7 Å². The van der Waals surface area contributed by atoms with Gasteiger partial charge in [-0.3, -0.25) is 0 Å². The van der Waals surface area contributed by atoms with E-state index in [1.54, 1.807) is 0 Å². The van der Waals surface area contributed by atoms with Gasteiger partial charge >= 0.3 is 0 Å². The van der Waals surface area contributed by atoms with E-state index < -0.39 is 44.3 Å². The maximum atomic E-state index is 9.29. The Morgan fingerprint density at radius 1 is 0.419 bits per heavy atom. The molecule has 0 spiro atoms. The molecule has 0 radical (unpaired) electrons. The summed E-state index contributed by atoms with van der Waals surface area (Å²) >= 11 is 0. The number of nitrogens with zero attached hydrogens (tertiary/aromatic N) is 2. The molecule has 9 aromatic carbocycles. The minimum atomic E-state index is -3.37. The molecule has 12 rings (SSSR count). The molecule has 3 heterocycles. The number of rotatable bonds is 6. The Morgan fingerprint density at radius 2 is 0.855 bits per heavy atom. The fraction of sp³-hybridized carbons (Fsp3) is 0.0690. The third kappa shape index (κ3) is 5.23. The van der Waals surface area contributed by atoms with Gasteiger partial charge in [0.15, 0.2) is 8.07 Å². The van der Waals surface area contributed by atoms with Gasteiger partial charge in [-0.2, -0.15) is 0 Å². The third-order valence-corrected chi connectivity index (χ3v) is 17.9. The van der Waals surface area contributed by atoms with Crippen LogP contribution < -0.4 is 46.9 Å². The van der Waals surface area contributed by atoms with Crippen LogP contribution in [-0.4, -0.2) is 14.8 Å². The van der Waals surface area contributed by atoms with Crippen molar-refractivity contribution in [1.82, 2.24) is 0 Å². The normalized spacial score (nSPS) is 16.3. The topological polar surface area (TPSA) is 6.48 Å². The molecule has 0 saturated heterocycles. The molecule has 0 N–H and O–H groups in total. The second kappa shape index (κ2) is 14.0. The van der Waals surface area contributed by atoms with E-state index in [1.807, 2.05) is 54.6 Å². The lowest BCUT2D eigenvalue weighted by Gasteiger charge is -2.52. The molecule has 0 bridgehead atoms. The zero-order chi connectivity index (χ0) is 50.3. The van der Waals surface area contributed by atoms with Crippen molar-refractivity contribution in [3.8, 4) is 22.3 Å². The van der Waals surface area contributed by atoms with Crippen LogP contribution in [0.4, 0.5) is 34.1 Å². The summed E-state index contributed by atoms with van der Waals surface area (Å²) in [5.41, 5.74) is 9.93. The molecule has 0 aliphatic carbocycles. The summed E-state index contributed by atoms with van der Waals surface area (Å²) < 4.78 is 89.2. The molecular weight excluding hydrogens is 764 g/mol. The SMILES string of the molecule is [2H]c1c([2H])c([2H])c(-c2ccccc2N2c3cccc4c3B3c5c2cccc5[Si](c2ccccc2)(c2ccccc2)c2cc(C(C)(C)C)cc(c23)N4c2ccccc2-c2c([2H])c([2H])c([2H])c([2H])c2[2H])c([2H])c1[2H]. The molecule has 0 atom stereocenters. The van der Waals surface area contributed by atoms with Gasteiger partial charge in [0.25, 0.3) is 6.71 Å². The van der Waals surface area contributed by atoms with Crippen molar-refractivity contribution in [1.29, 1.82) is 0 Å². The Hall–Kier alpha value is -7.14. The average Bonchev–Trinajstić information content (AvgIpc) is 3.39. The first kappa shape index (κ1) is 27.7. The maximum absolute atomic E-state index is 9.29. The van der Waals surface area contributed by atoms with Gasteiger partial charge in [0.1, 0.15) is 0 Å². The summed E-state index contributed by atoms with van der Waals surface area (Å²) in [6.07, 6.45) is 0. The van der Waals surface area contributed by atoms with Crippen molar-refractivity contribution in [3.63, 3.8) is 0 Å². The molecule has 9 aromatic rings. The van der Waals surface area contributed by atoms with E-state index in [4.69, 9.17) is 8.22 Å². The van der Waals surface area contributed by atoms with Crippen LogP contribution in [0.3, 0.4) is 0 Å². The summed E-state index contributed by atoms with van der Waals surface area (Å²) in [4.78, 5) is 4.45. The number of para-hydroxylation sites is 2. The molecule has 2 nitrogen and oxygen atoms in total. The zero-order valence-electron chi connectivity index (χ0n) is 44.5. The highest BCUT2D eigenvalue weighted by atomic mass is 28.3. The Balaban J connectivity index is 1.29. The molecule has 0 aromatic heterocycles. The zero-order valence-corrected chi connectivity index (χ0v) is 35.5. The number of hydrogen-bond acceptors (Lipinski definition) is 2. The van der Waals surface area contributed by atoms with Crippen molar-refractivity contribution in [3.05, 3.63) is 224 Å². The van der Waals surface area contributed by atoms with Crippen LogP contribution in [-0.2, 0) is 5.41 Å². The summed E-state index contributed by atoms with van der Waals surface area (Å²) in [5.74, 6) is 0. The molecule has 0 amide bonds. The maximum Gasteiger partial charge on any atom is 0.251 e. The Kier molecular flexibility index (Phi) is 6.22. The van der Waals surface area contributed by atoms with E-state index in [2.05, 4.69) is 134 Å². The average molecular weight is 819 g/mol. The number of hydrogen-bond donors (Lipinski definition) is 0. The van der Waals surface area contributed by atoms with Crippen LogP contribution in [0, 0.1) is 0 Å². The summed E-state index contributed by atoms with van der Waals surface area (Å²) in [6.45, 7) is 6.38. The number of benzene rings is 9. The van der Waals surface area contributed by atoms with Gasteiger partial charge in [0, 0.05) is 33.9 Å². The van der Waals surface area contributed by atoms with E-state index in [-0.39, 0.29) is 47.4 Å². The van der Waals surface area contributed by atoms with Gasteiger partial charge in [-0.25, -0.2) is 0 Å². The summed E-state index contributed by atoms with van der Waals surface area (Å²) in [7, 11) is -3.37. The molecule has 62 heavy (non-hydrogen) atoms. The van der Waals surface area contributed by atoms with Crippen LogP contribution in [0.15, 0.2) is 218 Å². The van der Waals surface area contributed by atoms with E-state index in [0.29, 0.717) is 22.5 Å². The molecular formula is C58H45BN2Si. The lowest BCUT2D eigenvalue weighted by molar-refractivity contribution is 0.591. The predicted octanol–water partition coefficient (Wildman–Crippen LogP) is 10.1. The van der Waals surface area contributed by atoms with Crippen LogP contribution in [0.1, 0.15) is 40.0 Å². The lowest BCUT2D eigenvalue weighted by Crippen LogP contribution is -2.88. The van der Waals surface area contributed by atoms with Crippen molar-refractivity contribution in [2.75, 3.05) is 9.80 Å². The van der Waals surface area contributed by atoms with Crippen molar-refractivity contribution in [2.45, 2.75) is 26.2 Å². The molecule has 0 unspecified atom stereocenters. The first-order valence-electron chi connectivity index (χ1n) is 26.1. The third-order valence-electron chi connectivity index (χ3n) is 13.0. The molecule has 294 valence electrons. The first-order valence-corrected chi connectivity index (χ1v) is 23.1. The first-order chi connectivity index (χ1) is 34.6. The monoisotopic (exact) mass is 818 g/mol. The number of anilines is 6. The van der Waals surface area contributed by atoms with Gasteiger partial charge in [0.05, 0.1) is 25.1 Å². The summed E-state index contributed by atoms with van der Waals surface area (Å²) in [5, 5.41) is 4.83. The van der Waals surface area contributed by atoms with Gasteiger partial charge in [-0.05, 0) is 95.6 Å². The smallest absolute Gasteiger partial charge is 0.251 e. The molecule has 0 fully saturated rings. The standard InChI is InChI=1S/C58H45BN2Si/c1-58(2,3)42-38-52-57-54(39-42)62(43-26-12-6-13-27-43,44-28-14-7-15-29-44)53-37-21-36-51-56(53)59(57)55-49(60(51)47-32-18-16-30-45(47)40-22-8-4-9-23-40)34-20-35-50(55)61(52)48-33-19-17-31-46(48)41-24-10-5-11-25-41/h4-39H,1-3H3/i4D,5D,8D,9D,10D,11D,22D,23D,24D,25D. The van der Waals surface area contributed by atoms with Crippen LogP contribution in [0.2, 0.25) is 0 Å². The molecule has 4 heteroatoms. The van der Waals surface area contributed by atoms with E-state index in [1.165, 1.54) is 20.7 Å².